The highest BCUT2D eigenvalue weighted by atomic mass is 16.5. The second-order valence-electron chi connectivity index (χ2n) is 3.12. The van der Waals surface area contributed by atoms with E-state index in [4.69, 9.17) is 10.5 Å². The molecule has 0 amide bonds. The Hall–Kier alpha value is -1.55. The molecule has 0 saturated heterocycles. The van der Waals surface area contributed by atoms with Crippen molar-refractivity contribution in [2.45, 2.75) is 6.54 Å². The summed E-state index contributed by atoms with van der Waals surface area (Å²) in [6.45, 7) is 0.439. The maximum atomic E-state index is 5.58. The van der Waals surface area contributed by atoms with Crippen molar-refractivity contribution in [1.82, 2.24) is 9.55 Å². The van der Waals surface area contributed by atoms with Gasteiger partial charge in [-0.25, -0.2) is 4.98 Å². The number of hydrogen-bond donors (Lipinski definition) is 1. The first-order valence-electron chi connectivity index (χ1n) is 4.46. The summed E-state index contributed by atoms with van der Waals surface area (Å²) < 4.78 is 7.21. The predicted molar refractivity (Wildman–Crippen MR) is 55.2 cm³/mol. The van der Waals surface area contributed by atoms with Crippen molar-refractivity contribution in [2.75, 3.05) is 7.11 Å². The number of aromatic nitrogens is 2. The van der Waals surface area contributed by atoms with E-state index in [1.807, 2.05) is 29.8 Å². The molecule has 0 aliphatic carbocycles. The van der Waals surface area contributed by atoms with E-state index in [0.717, 1.165) is 22.6 Å². The minimum Gasteiger partial charge on any atom is -0.494 e. The second kappa shape index (κ2) is 3.31. The van der Waals surface area contributed by atoms with Crippen LogP contribution in [0.25, 0.3) is 11.0 Å². The molecule has 0 atom stereocenters. The number of benzene rings is 1. The molecule has 0 unspecified atom stereocenters. The number of fused-ring (bicyclic) bond motifs is 1. The van der Waals surface area contributed by atoms with Gasteiger partial charge in [0.2, 0.25) is 0 Å². The van der Waals surface area contributed by atoms with Crippen LogP contribution in [-0.4, -0.2) is 16.7 Å². The summed E-state index contributed by atoms with van der Waals surface area (Å²) in [5.41, 5.74) is 7.50. The van der Waals surface area contributed by atoms with E-state index < -0.39 is 0 Å². The molecule has 4 heteroatoms. The lowest BCUT2D eigenvalue weighted by atomic mass is 10.3. The van der Waals surface area contributed by atoms with Crippen LogP contribution in [0.15, 0.2) is 18.2 Å². The maximum Gasteiger partial charge on any atom is 0.146 e. The Bertz CT molecular complexity index is 462. The predicted octanol–water partition coefficient (Wildman–Crippen LogP) is 1.04. The van der Waals surface area contributed by atoms with Gasteiger partial charge in [-0.3, -0.25) is 0 Å². The third-order valence-electron chi connectivity index (χ3n) is 2.37. The van der Waals surface area contributed by atoms with Gasteiger partial charge in [-0.1, -0.05) is 6.07 Å². The van der Waals surface area contributed by atoms with Crippen LogP contribution >= 0.6 is 0 Å². The summed E-state index contributed by atoms with van der Waals surface area (Å²) in [7, 11) is 3.60. The first kappa shape index (κ1) is 9.02. The van der Waals surface area contributed by atoms with Gasteiger partial charge in [-0.05, 0) is 12.1 Å². The Morgan fingerprint density at radius 3 is 2.93 bits per heavy atom. The zero-order valence-corrected chi connectivity index (χ0v) is 8.32. The number of aryl methyl sites for hydroxylation is 1. The number of methoxy groups -OCH3 is 1. The molecule has 0 aliphatic heterocycles. The fourth-order valence-electron chi connectivity index (χ4n) is 1.58. The highest BCUT2D eigenvalue weighted by Gasteiger charge is 2.09. The standard InChI is InChI=1S/C10H13N3O/c1-13-7-4-3-5-8(14-2)10(7)12-9(13)6-11/h3-5H,6,11H2,1-2H3. The molecule has 0 fully saturated rings. The van der Waals surface area contributed by atoms with Crippen LogP contribution in [0.4, 0.5) is 0 Å². The van der Waals surface area contributed by atoms with Crippen LogP contribution in [0, 0.1) is 0 Å². The van der Waals surface area contributed by atoms with Gasteiger partial charge in [0.15, 0.2) is 0 Å². The summed E-state index contributed by atoms with van der Waals surface area (Å²) in [6, 6.07) is 5.85. The molecular formula is C10H13N3O. The van der Waals surface area contributed by atoms with Gasteiger partial charge in [-0.2, -0.15) is 0 Å². The lowest BCUT2D eigenvalue weighted by Gasteiger charge is -2.00. The molecule has 2 rings (SSSR count). The van der Waals surface area contributed by atoms with Gasteiger partial charge >= 0.3 is 0 Å². The highest BCUT2D eigenvalue weighted by molar-refractivity contribution is 5.82. The minimum atomic E-state index is 0.439. The molecule has 0 radical (unpaired) electrons. The van der Waals surface area contributed by atoms with Gasteiger partial charge in [0, 0.05) is 7.05 Å². The van der Waals surface area contributed by atoms with Gasteiger partial charge in [0.25, 0.3) is 0 Å². The molecule has 14 heavy (non-hydrogen) atoms. The average Bonchev–Trinajstić information content (AvgIpc) is 2.55. The zero-order valence-electron chi connectivity index (χ0n) is 8.32. The summed E-state index contributed by atoms with van der Waals surface area (Å²) in [5, 5.41) is 0. The Labute approximate surface area is 82.3 Å². The molecule has 0 aliphatic rings. The van der Waals surface area contributed by atoms with Crippen LogP contribution in [0.3, 0.4) is 0 Å². The third-order valence-corrected chi connectivity index (χ3v) is 2.37. The Morgan fingerprint density at radius 1 is 1.50 bits per heavy atom. The van der Waals surface area contributed by atoms with Crippen molar-refractivity contribution < 1.29 is 4.74 Å². The van der Waals surface area contributed by atoms with E-state index in [0.29, 0.717) is 6.54 Å². The van der Waals surface area contributed by atoms with Crippen molar-refractivity contribution in [3.8, 4) is 5.75 Å². The topological polar surface area (TPSA) is 53.1 Å². The van der Waals surface area contributed by atoms with Crippen LogP contribution in [0.1, 0.15) is 5.82 Å². The van der Waals surface area contributed by atoms with E-state index >= 15 is 0 Å². The summed E-state index contributed by atoms with van der Waals surface area (Å²) in [6.07, 6.45) is 0. The number of nitrogens with zero attached hydrogens (tertiary/aromatic N) is 2. The number of rotatable bonds is 2. The van der Waals surface area contributed by atoms with E-state index in [-0.39, 0.29) is 0 Å². The number of imidazole rings is 1. The lowest BCUT2D eigenvalue weighted by molar-refractivity contribution is 0.419. The fourth-order valence-corrected chi connectivity index (χ4v) is 1.58. The molecule has 4 nitrogen and oxygen atoms in total. The van der Waals surface area contributed by atoms with E-state index in [9.17, 15) is 0 Å². The van der Waals surface area contributed by atoms with Gasteiger partial charge in [0.05, 0.1) is 19.2 Å². The number of ether oxygens (including phenoxy) is 1. The van der Waals surface area contributed by atoms with Crippen molar-refractivity contribution in [2.24, 2.45) is 12.8 Å². The minimum absolute atomic E-state index is 0.439. The summed E-state index contributed by atoms with van der Waals surface area (Å²) >= 11 is 0. The van der Waals surface area contributed by atoms with Crippen LogP contribution in [-0.2, 0) is 13.6 Å². The van der Waals surface area contributed by atoms with Gasteiger partial charge < -0.3 is 15.0 Å². The SMILES string of the molecule is COc1cccc2c1nc(CN)n2C. The molecule has 1 aromatic carbocycles. The van der Waals surface area contributed by atoms with Crippen molar-refractivity contribution in [1.29, 1.82) is 0 Å². The summed E-state index contributed by atoms with van der Waals surface area (Å²) in [5.74, 6) is 1.65. The molecule has 0 spiro atoms. The summed E-state index contributed by atoms with van der Waals surface area (Å²) in [4.78, 5) is 4.41. The normalized spacial score (nSPS) is 10.8. The Morgan fingerprint density at radius 2 is 2.29 bits per heavy atom. The smallest absolute Gasteiger partial charge is 0.146 e. The second-order valence-corrected chi connectivity index (χ2v) is 3.12. The van der Waals surface area contributed by atoms with Gasteiger partial charge in [-0.15, -0.1) is 0 Å². The van der Waals surface area contributed by atoms with Crippen molar-refractivity contribution in [3.63, 3.8) is 0 Å². The molecule has 74 valence electrons. The maximum absolute atomic E-state index is 5.58. The van der Waals surface area contributed by atoms with E-state index in [1.165, 1.54) is 0 Å². The molecule has 2 N–H and O–H groups in total. The van der Waals surface area contributed by atoms with Crippen molar-refractivity contribution in [3.05, 3.63) is 24.0 Å². The average molecular weight is 191 g/mol. The monoisotopic (exact) mass is 191 g/mol. The Kier molecular flexibility index (Phi) is 2.13. The largest absolute Gasteiger partial charge is 0.494 e. The van der Waals surface area contributed by atoms with Crippen LogP contribution < -0.4 is 10.5 Å². The highest BCUT2D eigenvalue weighted by Crippen LogP contribution is 2.24. The first-order valence-corrected chi connectivity index (χ1v) is 4.46. The number of para-hydroxylation sites is 1. The van der Waals surface area contributed by atoms with Crippen molar-refractivity contribution >= 4 is 11.0 Å². The fraction of sp³-hybridized carbons (Fsp3) is 0.300. The molecule has 2 aromatic rings. The molecule has 0 saturated carbocycles. The van der Waals surface area contributed by atoms with Crippen LogP contribution in [0.5, 0.6) is 5.75 Å². The quantitative estimate of drug-likeness (QED) is 0.771. The molecule has 1 aromatic heterocycles. The van der Waals surface area contributed by atoms with E-state index in [1.54, 1.807) is 7.11 Å². The lowest BCUT2D eigenvalue weighted by Crippen LogP contribution is -2.04. The van der Waals surface area contributed by atoms with E-state index in [2.05, 4.69) is 4.98 Å². The zero-order chi connectivity index (χ0) is 10.1. The van der Waals surface area contributed by atoms with Gasteiger partial charge in [0.1, 0.15) is 17.1 Å². The third kappa shape index (κ3) is 1.15. The van der Waals surface area contributed by atoms with Crippen LogP contribution in [0.2, 0.25) is 0 Å². The number of hydrogen-bond acceptors (Lipinski definition) is 3. The first-order chi connectivity index (χ1) is 6.77. The molecular weight excluding hydrogens is 178 g/mol. The Balaban J connectivity index is 2.77. The molecule has 1 heterocycles. The number of nitrogens with two attached hydrogens (primary N) is 1. The molecule has 0 bridgehead atoms.